The Morgan fingerprint density at radius 1 is 1.22 bits per heavy atom. The SMILES string of the molecule is COc1cc(F)c(CN2C(=O)NC(C)(C)c3ccc(C(=O)O)cc32)c(F)c1. The van der Waals surface area contributed by atoms with E-state index in [0.717, 1.165) is 17.0 Å². The van der Waals surface area contributed by atoms with Crippen LogP contribution in [0, 0.1) is 11.6 Å². The summed E-state index contributed by atoms with van der Waals surface area (Å²) >= 11 is 0. The predicted octanol–water partition coefficient (Wildman–Crippen LogP) is 3.64. The van der Waals surface area contributed by atoms with E-state index in [1.54, 1.807) is 19.9 Å². The number of anilines is 1. The number of fused-ring (bicyclic) bond motifs is 1. The van der Waals surface area contributed by atoms with Crippen molar-refractivity contribution in [2.75, 3.05) is 12.0 Å². The summed E-state index contributed by atoms with van der Waals surface area (Å²) < 4.78 is 33.5. The van der Waals surface area contributed by atoms with E-state index in [0.29, 0.717) is 11.3 Å². The Balaban J connectivity index is 2.10. The summed E-state index contributed by atoms with van der Waals surface area (Å²) in [5.41, 5.74) is -0.186. The van der Waals surface area contributed by atoms with Gasteiger partial charge in [-0.15, -0.1) is 0 Å². The number of nitrogens with one attached hydrogen (secondary N) is 1. The van der Waals surface area contributed by atoms with Crippen LogP contribution in [0.5, 0.6) is 5.75 Å². The van der Waals surface area contributed by atoms with E-state index < -0.39 is 35.7 Å². The van der Waals surface area contributed by atoms with Gasteiger partial charge in [-0.25, -0.2) is 18.4 Å². The number of amides is 2. The number of carboxylic acid groups (broad SMARTS) is 1. The van der Waals surface area contributed by atoms with Gasteiger partial charge in [-0.2, -0.15) is 0 Å². The van der Waals surface area contributed by atoms with E-state index in [4.69, 9.17) is 4.74 Å². The lowest BCUT2D eigenvalue weighted by Gasteiger charge is -2.40. The van der Waals surface area contributed by atoms with Crippen molar-refractivity contribution >= 4 is 17.7 Å². The number of methoxy groups -OCH3 is 1. The molecule has 2 N–H and O–H groups in total. The molecule has 1 aliphatic rings. The Hall–Kier alpha value is -3.16. The quantitative estimate of drug-likeness (QED) is 0.854. The number of halogens is 2. The lowest BCUT2D eigenvalue weighted by Crippen LogP contribution is -2.53. The van der Waals surface area contributed by atoms with Crippen molar-refractivity contribution in [2.45, 2.75) is 25.9 Å². The van der Waals surface area contributed by atoms with Gasteiger partial charge in [-0.3, -0.25) is 4.90 Å². The Bertz CT molecular complexity index is 920. The zero-order valence-electron chi connectivity index (χ0n) is 15.0. The standard InChI is InChI=1S/C19H18F2N2O4/c1-19(2)13-5-4-10(17(24)25)6-16(13)23(18(26)22-19)9-12-14(20)7-11(27-3)8-15(12)21/h4-8H,9H2,1-3H3,(H,22,26)(H,24,25). The van der Waals surface area contributed by atoms with Crippen LogP contribution in [0.1, 0.15) is 35.3 Å². The highest BCUT2D eigenvalue weighted by atomic mass is 19.1. The fourth-order valence-electron chi connectivity index (χ4n) is 3.09. The molecule has 2 aromatic rings. The number of carbonyl (C=O) groups excluding carboxylic acids is 1. The van der Waals surface area contributed by atoms with Crippen LogP contribution >= 0.6 is 0 Å². The monoisotopic (exact) mass is 376 g/mol. The number of hydrogen-bond donors (Lipinski definition) is 2. The second-order valence-corrected chi connectivity index (χ2v) is 6.75. The third kappa shape index (κ3) is 3.30. The highest BCUT2D eigenvalue weighted by molar-refractivity contribution is 5.98. The highest BCUT2D eigenvalue weighted by Gasteiger charge is 2.37. The topological polar surface area (TPSA) is 78.9 Å². The van der Waals surface area contributed by atoms with Gasteiger partial charge >= 0.3 is 12.0 Å². The number of carbonyl (C=O) groups is 2. The molecular formula is C19H18F2N2O4. The van der Waals surface area contributed by atoms with Crippen LogP contribution in [0.3, 0.4) is 0 Å². The third-order valence-corrected chi connectivity index (χ3v) is 4.54. The smallest absolute Gasteiger partial charge is 0.335 e. The minimum atomic E-state index is -1.16. The van der Waals surface area contributed by atoms with E-state index in [1.165, 1.54) is 19.2 Å². The van der Waals surface area contributed by atoms with Crippen molar-refractivity contribution in [3.8, 4) is 5.75 Å². The Morgan fingerprint density at radius 2 is 1.85 bits per heavy atom. The lowest BCUT2D eigenvalue weighted by molar-refractivity contribution is 0.0696. The summed E-state index contributed by atoms with van der Waals surface area (Å²) in [6.07, 6.45) is 0. The average Bonchev–Trinajstić information content (AvgIpc) is 2.59. The third-order valence-electron chi connectivity index (χ3n) is 4.54. The molecular weight excluding hydrogens is 358 g/mol. The average molecular weight is 376 g/mol. The molecule has 8 heteroatoms. The van der Waals surface area contributed by atoms with Gasteiger partial charge in [0.2, 0.25) is 0 Å². The van der Waals surface area contributed by atoms with Crippen molar-refractivity contribution in [1.82, 2.24) is 5.32 Å². The summed E-state index contributed by atoms with van der Waals surface area (Å²) in [5.74, 6) is -2.87. The molecule has 0 radical (unpaired) electrons. The van der Waals surface area contributed by atoms with Gasteiger partial charge in [0, 0.05) is 23.3 Å². The van der Waals surface area contributed by atoms with Gasteiger partial charge in [0.25, 0.3) is 0 Å². The second-order valence-electron chi connectivity index (χ2n) is 6.75. The van der Waals surface area contributed by atoms with Gasteiger partial charge in [-0.05, 0) is 26.0 Å². The van der Waals surface area contributed by atoms with Gasteiger partial charge in [0.15, 0.2) is 0 Å². The van der Waals surface area contributed by atoms with Gasteiger partial charge < -0.3 is 15.2 Å². The first kappa shape index (κ1) is 18.6. The second kappa shape index (κ2) is 6.53. The number of nitrogens with zero attached hydrogens (tertiary/aromatic N) is 1. The van der Waals surface area contributed by atoms with Crippen LogP contribution in [0.15, 0.2) is 30.3 Å². The van der Waals surface area contributed by atoms with E-state index in [9.17, 15) is 23.5 Å². The number of rotatable bonds is 4. The van der Waals surface area contributed by atoms with E-state index in [2.05, 4.69) is 5.32 Å². The molecule has 0 saturated carbocycles. The number of ether oxygens (including phenoxy) is 1. The molecule has 6 nitrogen and oxygen atoms in total. The van der Waals surface area contributed by atoms with Gasteiger partial charge in [0.1, 0.15) is 17.4 Å². The van der Waals surface area contributed by atoms with Crippen LogP contribution < -0.4 is 15.0 Å². The molecule has 1 heterocycles. The number of carboxylic acids is 1. The molecule has 2 aromatic carbocycles. The number of aromatic carboxylic acids is 1. The molecule has 0 atom stereocenters. The molecule has 0 aromatic heterocycles. The Morgan fingerprint density at radius 3 is 2.41 bits per heavy atom. The molecule has 0 unspecified atom stereocenters. The number of urea groups is 1. The fourth-order valence-corrected chi connectivity index (χ4v) is 3.09. The lowest BCUT2D eigenvalue weighted by atomic mass is 9.89. The van der Waals surface area contributed by atoms with Crippen molar-refractivity contribution in [3.05, 3.63) is 58.7 Å². The molecule has 142 valence electrons. The normalized spacial score (nSPS) is 15.1. The number of benzene rings is 2. The molecule has 0 saturated heterocycles. The number of hydrogen-bond acceptors (Lipinski definition) is 3. The molecule has 1 aliphatic heterocycles. The van der Waals surface area contributed by atoms with Crippen LogP contribution in [-0.4, -0.2) is 24.2 Å². The van der Waals surface area contributed by atoms with Gasteiger partial charge in [0.05, 0.1) is 30.4 Å². The molecule has 3 rings (SSSR count). The van der Waals surface area contributed by atoms with Crippen LogP contribution in [0.4, 0.5) is 19.3 Å². The molecule has 0 fully saturated rings. The first-order valence-electron chi connectivity index (χ1n) is 8.13. The minimum Gasteiger partial charge on any atom is -0.497 e. The van der Waals surface area contributed by atoms with Crippen molar-refractivity contribution in [1.29, 1.82) is 0 Å². The molecule has 0 spiro atoms. The molecule has 0 bridgehead atoms. The van der Waals surface area contributed by atoms with E-state index in [-0.39, 0.29) is 16.9 Å². The maximum atomic E-state index is 14.3. The van der Waals surface area contributed by atoms with Crippen LogP contribution in [-0.2, 0) is 12.1 Å². The molecule has 27 heavy (non-hydrogen) atoms. The molecule has 0 aliphatic carbocycles. The van der Waals surface area contributed by atoms with Crippen LogP contribution in [0.2, 0.25) is 0 Å². The highest BCUT2D eigenvalue weighted by Crippen LogP contribution is 2.37. The van der Waals surface area contributed by atoms with E-state index in [1.807, 2.05) is 0 Å². The summed E-state index contributed by atoms with van der Waals surface area (Å²) in [4.78, 5) is 25.0. The largest absolute Gasteiger partial charge is 0.497 e. The predicted molar refractivity (Wildman–Crippen MR) is 94.1 cm³/mol. The Labute approximate surface area is 154 Å². The fraction of sp³-hybridized carbons (Fsp3) is 0.263. The summed E-state index contributed by atoms with van der Waals surface area (Å²) in [7, 11) is 1.29. The first-order valence-corrected chi connectivity index (χ1v) is 8.13. The maximum absolute atomic E-state index is 14.3. The van der Waals surface area contributed by atoms with Gasteiger partial charge in [-0.1, -0.05) is 6.07 Å². The Kier molecular flexibility index (Phi) is 4.51. The zero-order valence-corrected chi connectivity index (χ0v) is 15.0. The minimum absolute atomic E-state index is 0.0199. The summed E-state index contributed by atoms with van der Waals surface area (Å²) in [6, 6.07) is 5.82. The first-order chi connectivity index (χ1) is 12.6. The maximum Gasteiger partial charge on any atom is 0.335 e. The van der Waals surface area contributed by atoms with Crippen molar-refractivity contribution < 1.29 is 28.2 Å². The van der Waals surface area contributed by atoms with E-state index >= 15 is 0 Å². The summed E-state index contributed by atoms with van der Waals surface area (Å²) in [5, 5.41) is 12.0. The van der Waals surface area contributed by atoms with Crippen molar-refractivity contribution in [2.24, 2.45) is 0 Å². The van der Waals surface area contributed by atoms with Crippen LogP contribution in [0.25, 0.3) is 0 Å². The summed E-state index contributed by atoms with van der Waals surface area (Å²) in [6.45, 7) is 3.12. The molecule has 2 amide bonds. The van der Waals surface area contributed by atoms with Crippen molar-refractivity contribution in [3.63, 3.8) is 0 Å². The zero-order chi connectivity index (χ0) is 19.9.